The number of fused-ring (bicyclic) bond motifs is 5. The van der Waals surface area contributed by atoms with Crippen LogP contribution in [0.15, 0.2) is 115 Å². The number of morpholine rings is 1. The summed E-state index contributed by atoms with van der Waals surface area (Å²) in [5.74, 6) is -1.37. The molecule has 1 fully saturated rings. The van der Waals surface area contributed by atoms with Gasteiger partial charge in [0.1, 0.15) is 22.8 Å². The third-order valence-electron chi connectivity index (χ3n) is 15.1. The van der Waals surface area contributed by atoms with Crippen molar-refractivity contribution in [2.45, 2.75) is 78.6 Å². The van der Waals surface area contributed by atoms with E-state index in [1.54, 1.807) is 49.7 Å². The van der Waals surface area contributed by atoms with E-state index in [0.29, 0.717) is 48.7 Å². The lowest BCUT2D eigenvalue weighted by Crippen LogP contribution is -2.36. The zero-order valence-corrected chi connectivity index (χ0v) is 44.9. The minimum absolute atomic E-state index is 0.0336. The summed E-state index contributed by atoms with van der Waals surface area (Å²) >= 11 is 1.68. The number of Topliss-reactive ketones (excluding diaryl/α,β-unsaturated/α-hetero) is 2. The smallest absolute Gasteiger partial charge is 0.270 e. The Kier molecular flexibility index (Phi) is 14.6. The average Bonchev–Trinajstić information content (AvgIpc) is 4.45. The Labute approximate surface area is 458 Å². The van der Waals surface area contributed by atoms with E-state index in [-0.39, 0.29) is 70.1 Å². The molecular formula is C60H57N11O7S. The molecule has 0 spiro atoms. The van der Waals surface area contributed by atoms with Crippen molar-refractivity contribution in [3.8, 4) is 0 Å². The van der Waals surface area contributed by atoms with Crippen LogP contribution in [0.5, 0.6) is 0 Å². The van der Waals surface area contributed by atoms with Gasteiger partial charge >= 0.3 is 0 Å². The maximum absolute atomic E-state index is 13.5. The van der Waals surface area contributed by atoms with Crippen LogP contribution in [-0.2, 0) is 30.7 Å². The van der Waals surface area contributed by atoms with E-state index in [4.69, 9.17) is 4.74 Å². The summed E-state index contributed by atoms with van der Waals surface area (Å²) in [6.07, 6.45) is 6.13. The fourth-order valence-corrected chi connectivity index (χ4v) is 11.8. The second kappa shape index (κ2) is 22.2. The largest absolute Gasteiger partial charge is 0.378 e. The van der Waals surface area contributed by atoms with Gasteiger partial charge in [0.05, 0.1) is 37.7 Å². The molecular weight excluding hydrogens is 1020 g/mol. The lowest BCUT2D eigenvalue weighted by atomic mass is 9.96. The molecule has 1 aliphatic heterocycles. The van der Waals surface area contributed by atoms with Gasteiger partial charge in [-0.2, -0.15) is 10.2 Å². The van der Waals surface area contributed by atoms with E-state index in [1.807, 2.05) is 67.8 Å². The highest BCUT2D eigenvalue weighted by atomic mass is 32.1. The molecule has 9 aromatic rings. The van der Waals surface area contributed by atoms with Crippen LogP contribution in [0.4, 0.5) is 5.69 Å². The zero-order chi connectivity index (χ0) is 54.9. The fraction of sp³-hybridized carbons (Fsp3) is 0.267. The van der Waals surface area contributed by atoms with E-state index >= 15 is 0 Å². The van der Waals surface area contributed by atoms with E-state index < -0.39 is 0 Å². The van der Waals surface area contributed by atoms with Gasteiger partial charge in [-0.1, -0.05) is 42.5 Å². The molecule has 0 unspecified atom stereocenters. The van der Waals surface area contributed by atoms with Crippen LogP contribution in [0.25, 0.3) is 21.4 Å². The summed E-state index contributed by atoms with van der Waals surface area (Å²) in [5.41, 5.74) is 12.3. The summed E-state index contributed by atoms with van der Waals surface area (Å²) in [6, 6.07) is 29.6. The third-order valence-corrected chi connectivity index (χ3v) is 16.0. The number of hydrogen-bond acceptors (Lipinski definition) is 13. The number of anilines is 1. The molecule has 6 heterocycles. The van der Waals surface area contributed by atoms with Crippen LogP contribution in [0.1, 0.15) is 146 Å². The fourth-order valence-electron chi connectivity index (χ4n) is 11.0. The molecule has 2 aliphatic carbocycles. The maximum Gasteiger partial charge on any atom is 0.270 e. The molecule has 18 nitrogen and oxygen atoms in total. The van der Waals surface area contributed by atoms with Crippen molar-refractivity contribution < 1.29 is 33.5 Å². The number of thiophene rings is 1. The summed E-state index contributed by atoms with van der Waals surface area (Å²) in [4.78, 5) is 88.3. The monoisotopic (exact) mass is 1080 g/mol. The number of hydrogen-bond donors (Lipinski definition) is 4. The van der Waals surface area contributed by atoms with E-state index in [9.17, 15) is 28.8 Å². The molecule has 0 saturated carbocycles. The van der Waals surface area contributed by atoms with Crippen molar-refractivity contribution >= 4 is 73.6 Å². The van der Waals surface area contributed by atoms with Crippen LogP contribution >= 0.6 is 11.3 Å². The molecule has 400 valence electrons. The number of benzene rings is 4. The first-order valence-electron chi connectivity index (χ1n) is 26.3. The quantitative estimate of drug-likeness (QED) is 0.0802. The van der Waals surface area contributed by atoms with Crippen molar-refractivity contribution in [3.05, 3.63) is 193 Å². The number of aromatic nitrogens is 6. The van der Waals surface area contributed by atoms with Crippen molar-refractivity contribution in [1.29, 1.82) is 0 Å². The molecule has 0 bridgehead atoms. The molecule has 12 rings (SSSR count). The maximum atomic E-state index is 13.5. The number of nitrogens with one attached hydrogen (secondary N) is 4. The molecule has 79 heavy (non-hydrogen) atoms. The van der Waals surface area contributed by atoms with Gasteiger partial charge in [0.25, 0.3) is 23.6 Å². The van der Waals surface area contributed by atoms with Crippen molar-refractivity contribution in [2.75, 3.05) is 31.2 Å². The highest BCUT2D eigenvalue weighted by molar-refractivity contribution is 7.17. The molecule has 19 heteroatoms. The summed E-state index contributed by atoms with van der Waals surface area (Å²) in [6.45, 7) is 10.8. The predicted molar refractivity (Wildman–Crippen MR) is 299 cm³/mol. The summed E-state index contributed by atoms with van der Waals surface area (Å²) < 4.78 is 9.53. The predicted octanol–water partition coefficient (Wildman–Crippen LogP) is 8.23. The SMILES string of the molecule is CC(=O)c1ccc2c(c1C)CC[C@@H]2NC(=O)c1cc(C(=O)NCc2ccc3sccc3c2)nc2ccnn12.CC(=O)c1ccc2c(c1C)CC[C@@H]2NC(=O)c1cc(C(=O)NCc2cccc(N3CCOCC3)c2)nc2ccnn12. The van der Waals surface area contributed by atoms with Gasteiger partial charge in [-0.3, -0.25) is 28.8 Å². The highest BCUT2D eigenvalue weighted by Gasteiger charge is 2.30. The van der Waals surface area contributed by atoms with E-state index in [1.165, 1.54) is 25.9 Å². The Morgan fingerprint density at radius 2 is 1.14 bits per heavy atom. The minimum atomic E-state index is -0.377. The van der Waals surface area contributed by atoms with Gasteiger partial charge < -0.3 is 30.9 Å². The number of carbonyl (C=O) groups is 6. The Bertz CT molecular complexity index is 3910. The second-order valence-electron chi connectivity index (χ2n) is 20.0. The summed E-state index contributed by atoms with van der Waals surface area (Å²) in [7, 11) is 0. The molecule has 1 saturated heterocycles. The third kappa shape index (κ3) is 10.7. The van der Waals surface area contributed by atoms with Gasteiger partial charge in [-0.25, -0.2) is 19.0 Å². The van der Waals surface area contributed by atoms with Crippen molar-refractivity contribution in [3.63, 3.8) is 0 Å². The first-order valence-corrected chi connectivity index (χ1v) is 27.2. The summed E-state index contributed by atoms with van der Waals surface area (Å²) in [5, 5.41) is 23.8. The molecule has 4 N–H and O–H groups in total. The normalized spacial score (nSPS) is 15.5. The topological polar surface area (TPSA) is 223 Å². The number of carbonyl (C=O) groups excluding carboxylic acids is 6. The Morgan fingerprint density at radius 3 is 1.67 bits per heavy atom. The number of ketones is 2. The van der Waals surface area contributed by atoms with E-state index in [0.717, 1.165) is 94.4 Å². The molecule has 4 aromatic carbocycles. The number of ether oxygens (including phenoxy) is 1. The van der Waals surface area contributed by atoms with Crippen LogP contribution < -0.4 is 26.2 Å². The van der Waals surface area contributed by atoms with Crippen LogP contribution in [0.3, 0.4) is 0 Å². The molecule has 4 amide bonds. The molecule has 5 aromatic heterocycles. The lowest BCUT2D eigenvalue weighted by Gasteiger charge is -2.29. The van der Waals surface area contributed by atoms with Gasteiger partial charge in [0.15, 0.2) is 22.9 Å². The van der Waals surface area contributed by atoms with E-state index in [2.05, 4.69) is 70.6 Å². The van der Waals surface area contributed by atoms with Gasteiger partial charge in [-0.05, 0) is 139 Å². The van der Waals surface area contributed by atoms with Crippen molar-refractivity contribution in [1.82, 2.24) is 50.5 Å². The zero-order valence-electron chi connectivity index (χ0n) is 44.1. The Balaban J connectivity index is 0.000000168. The molecule has 2 atom stereocenters. The Morgan fingerprint density at radius 1 is 0.608 bits per heavy atom. The van der Waals surface area contributed by atoms with Crippen LogP contribution in [-0.4, -0.2) is 90.7 Å². The van der Waals surface area contributed by atoms with Crippen molar-refractivity contribution in [2.24, 2.45) is 0 Å². The minimum Gasteiger partial charge on any atom is -0.378 e. The Hall–Kier alpha value is -8.94. The number of rotatable bonds is 13. The standard InChI is InChI=1S/C31H32N6O4.C29H25N5O3S/c1-19-23(20(2)38)6-7-25-24(19)8-9-26(25)35-31(40)28-17-27(34-29-10-11-33-37(28)29)30(39)32-18-21-4-3-5-22(16-21)36-12-14-41-15-13-36;1-16-20(17(2)35)4-5-22-21(16)6-7-23(22)33-29(37)25-14-24(32-27-9-11-31-34(25)27)28(36)30-15-18-3-8-26-19(13-18)10-12-38-26/h3-7,10-11,16-17,26H,8-9,12-15,18H2,1-2H3,(H,32,39)(H,35,40);3-5,8-14,23H,6-7,15H2,1-2H3,(H,30,36)(H,33,37)/t26-;23-/m00/s1. The van der Waals surface area contributed by atoms with Gasteiger partial charge in [0.2, 0.25) is 0 Å². The molecule has 0 radical (unpaired) electrons. The lowest BCUT2D eigenvalue weighted by molar-refractivity contribution is 0.0916. The van der Waals surface area contributed by atoms with Crippen LogP contribution in [0, 0.1) is 13.8 Å². The van der Waals surface area contributed by atoms with Gasteiger partial charge in [0, 0.05) is 72.0 Å². The average molecular weight is 1080 g/mol. The van der Waals surface area contributed by atoms with Crippen LogP contribution in [0.2, 0.25) is 0 Å². The van der Waals surface area contributed by atoms with Gasteiger partial charge in [-0.15, -0.1) is 11.3 Å². The molecule has 3 aliphatic rings. The number of nitrogens with zero attached hydrogens (tertiary/aromatic N) is 7. The second-order valence-corrected chi connectivity index (χ2v) is 21.0. The first-order chi connectivity index (χ1) is 38.3. The first kappa shape index (κ1) is 52.1. The highest BCUT2D eigenvalue weighted by Crippen LogP contribution is 2.37. The number of amides is 4.